The first-order chi connectivity index (χ1) is 10.6. The van der Waals surface area contributed by atoms with Crippen molar-refractivity contribution in [3.8, 4) is 0 Å². The molecule has 4 nitrogen and oxygen atoms in total. The zero-order valence-corrected chi connectivity index (χ0v) is 14.0. The van der Waals surface area contributed by atoms with Crippen LogP contribution >= 0.6 is 0 Å². The number of benzene rings is 1. The molecule has 1 rings (SSSR count). The molecule has 0 heterocycles. The molecule has 0 saturated heterocycles. The van der Waals surface area contributed by atoms with E-state index >= 15 is 0 Å². The second-order valence-corrected chi connectivity index (χ2v) is 5.50. The van der Waals surface area contributed by atoms with E-state index < -0.39 is 6.04 Å². The molecule has 0 radical (unpaired) electrons. The summed E-state index contributed by atoms with van der Waals surface area (Å²) in [4.78, 5) is 26.0. The minimum atomic E-state index is -0.423. The quantitative estimate of drug-likeness (QED) is 0.713. The lowest BCUT2D eigenvalue weighted by atomic mass is 10.1. The second-order valence-electron chi connectivity index (χ2n) is 5.50. The van der Waals surface area contributed by atoms with E-state index in [1.165, 1.54) is 5.56 Å². The highest BCUT2D eigenvalue weighted by Crippen LogP contribution is 2.07. The van der Waals surface area contributed by atoms with E-state index in [1.54, 1.807) is 11.8 Å². The molecule has 0 aliphatic rings. The Bertz CT molecular complexity index is 459. The van der Waals surface area contributed by atoms with Crippen LogP contribution in [-0.2, 0) is 16.0 Å². The van der Waals surface area contributed by atoms with Gasteiger partial charge in [0.2, 0.25) is 11.8 Å². The molecule has 0 aliphatic heterocycles. The van der Waals surface area contributed by atoms with Crippen LogP contribution in [-0.4, -0.2) is 35.8 Å². The highest BCUT2D eigenvalue weighted by Gasteiger charge is 2.24. The maximum Gasteiger partial charge on any atom is 0.242 e. The maximum atomic E-state index is 12.2. The van der Waals surface area contributed by atoms with Gasteiger partial charge in [0.05, 0.1) is 0 Å². The minimum Gasteiger partial charge on any atom is -0.354 e. The Morgan fingerprint density at radius 1 is 1.18 bits per heavy atom. The third kappa shape index (κ3) is 5.88. The molecule has 0 fully saturated rings. The Labute approximate surface area is 133 Å². The largest absolute Gasteiger partial charge is 0.354 e. The van der Waals surface area contributed by atoms with Gasteiger partial charge in [-0.3, -0.25) is 9.59 Å². The van der Waals surface area contributed by atoms with Gasteiger partial charge in [0, 0.05) is 19.5 Å². The summed E-state index contributed by atoms with van der Waals surface area (Å²) in [5.41, 5.74) is 1.18. The van der Waals surface area contributed by atoms with Crippen LogP contribution in [0.25, 0.3) is 0 Å². The number of amides is 2. The van der Waals surface area contributed by atoms with Crippen LogP contribution in [0.15, 0.2) is 30.3 Å². The molecule has 2 amide bonds. The van der Waals surface area contributed by atoms with Crippen molar-refractivity contribution in [2.45, 2.75) is 52.5 Å². The van der Waals surface area contributed by atoms with Gasteiger partial charge < -0.3 is 10.2 Å². The molecule has 0 unspecified atom stereocenters. The third-order valence-electron chi connectivity index (χ3n) is 3.78. The smallest absolute Gasteiger partial charge is 0.242 e. The van der Waals surface area contributed by atoms with E-state index in [0.717, 1.165) is 19.3 Å². The summed E-state index contributed by atoms with van der Waals surface area (Å²) < 4.78 is 0. The Morgan fingerprint density at radius 2 is 1.86 bits per heavy atom. The summed E-state index contributed by atoms with van der Waals surface area (Å²) in [7, 11) is 0. The fourth-order valence-corrected chi connectivity index (χ4v) is 2.31. The predicted molar refractivity (Wildman–Crippen MR) is 89.5 cm³/mol. The standard InChI is InChI=1S/C18H28N2O2/c1-4-6-13-19-18(22)15(3)20(17(21)5-2)14-12-16-10-8-7-9-11-16/h7-11,15H,4-6,12-14H2,1-3H3,(H,19,22)/t15-/m1/s1. The van der Waals surface area contributed by atoms with Crippen LogP contribution in [0.5, 0.6) is 0 Å². The molecule has 1 aromatic carbocycles. The SMILES string of the molecule is CCCCNC(=O)[C@@H](C)N(CCc1ccccc1)C(=O)CC. The first-order valence-electron chi connectivity index (χ1n) is 8.21. The van der Waals surface area contributed by atoms with E-state index in [-0.39, 0.29) is 11.8 Å². The van der Waals surface area contributed by atoms with Gasteiger partial charge in [0.25, 0.3) is 0 Å². The molecule has 0 spiro atoms. The zero-order chi connectivity index (χ0) is 16.4. The normalized spacial score (nSPS) is 11.8. The molecule has 1 atom stereocenters. The Kier molecular flexibility index (Phi) is 8.26. The average Bonchev–Trinajstić information content (AvgIpc) is 2.55. The van der Waals surface area contributed by atoms with Crippen molar-refractivity contribution in [3.05, 3.63) is 35.9 Å². The number of nitrogens with zero attached hydrogens (tertiary/aromatic N) is 1. The molecule has 1 aromatic rings. The lowest BCUT2D eigenvalue weighted by Gasteiger charge is -2.28. The molecule has 0 bridgehead atoms. The average molecular weight is 304 g/mol. The van der Waals surface area contributed by atoms with E-state index in [9.17, 15) is 9.59 Å². The first-order valence-corrected chi connectivity index (χ1v) is 8.21. The van der Waals surface area contributed by atoms with Crippen LogP contribution in [0.4, 0.5) is 0 Å². The molecule has 0 aromatic heterocycles. The summed E-state index contributed by atoms with van der Waals surface area (Å²) >= 11 is 0. The van der Waals surface area contributed by atoms with Crippen LogP contribution in [0.3, 0.4) is 0 Å². The highest BCUT2D eigenvalue weighted by molar-refractivity contribution is 5.87. The number of nitrogens with one attached hydrogen (secondary N) is 1. The number of carbonyl (C=O) groups excluding carboxylic acids is 2. The van der Waals surface area contributed by atoms with Crippen molar-refractivity contribution in [1.82, 2.24) is 10.2 Å². The Morgan fingerprint density at radius 3 is 2.45 bits per heavy atom. The number of hydrogen-bond acceptors (Lipinski definition) is 2. The molecular formula is C18H28N2O2. The molecule has 0 saturated carbocycles. The molecule has 22 heavy (non-hydrogen) atoms. The monoisotopic (exact) mass is 304 g/mol. The molecule has 0 aliphatic carbocycles. The van der Waals surface area contributed by atoms with Crippen LogP contribution in [0, 0.1) is 0 Å². The van der Waals surface area contributed by atoms with Crippen molar-refractivity contribution < 1.29 is 9.59 Å². The maximum absolute atomic E-state index is 12.2. The second kappa shape index (κ2) is 9.98. The van der Waals surface area contributed by atoms with Crippen LogP contribution < -0.4 is 5.32 Å². The van der Waals surface area contributed by atoms with Crippen molar-refractivity contribution in [1.29, 1.82) is 0 Å². The minimum absolute atomic E-state index is 0.0223. The fraction of sp³-hybridized carbons (Fsp3) is 0.556. The first kappa shape index (κ1) is 18.2. The van der Waals surface area contributed by atoms with E-state index in [1.807, 2.05) is 37.3 Å². The molecule has 1 N–H and O–H groups in total. The van der Waals surface area contributed by atoms with Crippen molar-refractivity contribution in [3.63, 3.8) is 0 Å². The number of carbonyl (C=O) groups is 2. The van der Waals surface area contributed by atoms with Gasteiger partial charge in [-0.05, 0) is 25.3 Å². The lowest BCUT2D eigenvalue weighted by Crippen LogP contribution is -2.48. The lowest BCUT2D eigenvalue weighted by molar-refractivity contribution is -0.139. The number of unbranched alkanes of at least 4 members (excludes halogenated alkanes) is 1. The van der Waals surface area contributed by atoms with Crippen LogP contribution in [0.1, 0.15) is 45.6 Å². The van der Waals surface area contributed by atoms with Gasteiger partial charge in [-0.25, -0.2) is 0 Å². The van der Waals surface area contributed by atoms with Gasteiger partial charge >= 0.3 is 0 Å². The molecular weight excluding hydrogens is 276 g/mol. The van der Waals surface area contributed by atoms with Crippen LogP contribution in [0.2, 0.25) is 0 Å². The fourth-order valence-electron chi connectivity index (χ4n) is 2.31. The molecule has 122 valence electrons. The van der Waals surface area contributed by atoms with Gasteiger partial charge in [-0.15, -0.1) is 0 Å². The van der Waals surface area contributed by atoms with Gasteiger partial charge in [-0.1, -0.05) is 50.6 Å². The summed E-state index contributed by atoms with van der Waals surface area (Å²) in [6.45, 7) is 6.97. The van der Waals surface area contributed by atoms with E-state index in [2.05, 4.69) is 12.2 Å². The predicted octanol–water partition coefficient (Wildman–Crippen LogP) is 2.77. The van der Waals surface area contributed by atoms with Crippen molar-refractivity contribution >= 4 is 11.8 Å². The van der Waals surface area contributed by atoms with Crippen molar-refractivity contribution in [2.24, 2.45) is 0 Å². The highest BCUT2D eigenvalue weighted by atomic mass is 16.2. The van der Waals surface area contributed by atoms with Gasteiger partial charge in [0.15, 0.2) is 0 Å². The Balaban J connectivity index is 2.62. The van der Waals surface area contributed by atoms with E-state index in [4.69, 9.17) is 0 Å². The van der Waals surface area contributed by atoms with Crippen molar-refractivity contribution in [2.75, 3.05) is 13.1 Å². The summed E-state index contributed by atoms with van der Waals surface area (Å²) in [6.07, 6.45) is 3.19. The zero-order valence-electron chi connectivity index (χ0n) is 14.0. The summed E-state index contributed by atoms with van der Waals surface area (Å²) in [5, 5.41) is 2.91. The number of rotatable bonds is 9. The van der Waals surface area contributed by atoms with Gasteiger partial charge in [-0.2, -0.15) is 0 Å². The summed E-state index contributed by atoms with van der Waals surface area (Å²) in [6, 6.07) is 9.61. The summed E-state index contributed by atoms with van der Waals surface area (Å²) in [5.74, 6) is -0.0441. The third-order valence-corrected chi connectivity index (χ3v) is 3.78. The van der Waals surface area contributed by atoms with E-state index in [0.29, 0.717) is 19.5 Å². The van der Waals surface area contributed by atoms with Gasteiger partial charge in [0.1, 0.15) is 6.04 Å². The Hall–Kier alpha value is -1.84. The molecule has 4 heteroatoms. The topological polar surface area (TPSA) is 49.4 Å². The number of hydrogen-bond donors (Lipinski definition) is 1.